The van der Waals surface area contributed by atoms with Crippen LogP contribution in [0.15, 0.2) is 23.1 Å². The quantitative estimate of drug-likeness (QED) is 0.883. The fraction of sp³-hybridized carbons (Fsp3) is 0.562. The van der Waals surface area contributed by atoms with Gasteiger partial charge in [-0.3, -0.25) is 4.79 Å². The van der Waals surface area contributed by atoms with Crippen LogP contribution < -0.4 is 10.6 Å². The third-order valence-corrected chi connectivity index (χ3v) is 5.44. The fourth-order valence-corrected chi connectivity index (χ4v) is 4.28. The molecule has 1 fully saturated rings. The van der Waals surface area contributed by atoms with Gasteiger partial charge in [0.1, 0.15) is 5.82 Å². The maximum Gasteiger partial charge on any atom is 0.223 e. The van der Waals surface area contributed by atoms with Gasteiger partial charge in [0.25, 0.3) is 0 Å². The molecule has 2 aliphatic rings. The second-order valence-corrected chi connectivity index (χ2v) is 7.09. The molecule has 0 saturated carbocycles. The lowest BCUT2D eigenvalue weighted by atomic mass is 9.91. The lowest BCUT2D eigenvalue weighted by Gasteiger charge is -2.31. The van der Waals surface area contributed by atoms with Gasteiger partial charge in [0.15, 0.2) is 0 Å². The van der Waals surface area contributed by atoms with E-state index in [2.05, 4.69) is 17.6 Å². The Morgan fingerprint density at radius 3 is 3.10 bits per heavy atom. The van der Waals surface area contributed by atoms with Crippen LogP contribution in [-0.4, -0.2) is 24.2 Å². The maximum absolute atomic E-state index is 13.5. The van der Waals surface area contributed by atoms with Crippen molar-refractivity contribution in [1.82, 2.24) is 10.6 Å². The summed E-state index contributed by atoms with van der Waals surface area (Å²) in [7, 11) is 0. The first-order valence-electron chi connectivity index (χ1n) is 7.59. The number of thioether (sulfide) groups is 1. The van der Waals surface area contributed by atoms with Gasteiger partial charge in [-0.1, -0.05) is 0 Å². The van der Waals surface area contributed by atoms with E-state index in [1.165, 1.54) is 6.07 Å². The first-order valence-corrected chi connectivity index (χ1v) is 8.58. The topological polar surface area (TPSA) is 41.1 Å². The van der Waals surface area contributed by atoms with Crippen LogP contribution in [0.1, 0.15) is 37.8 Å². The van der Waals surface area contributed by atoms with Crippen LogP contribution in [0.25, 0.3) is 0 Å². The normalized spacial score (nSPS) is 28.8. The van der Waals surface area contributed by atoms with Gasteiger partial charge in [-0.05, 0) is 56.5 Å². The molecular weight excluding hydrogens is 287 g/mol. The summed E-state index contributed by atoms with van der Waals surface area (Å²) >= 11 is 1.74. The van der Waals surface area contributed by atoms with Gasteiger partial charge < -0.3 is 10.6 Å². The minimum absolute atomic E-state index is 0.0466. The van der Waals surface area contributed by atoms with E-state index in [0.717, 1.165) is 42.0 Å². The molecule has 0 aliphatic carbocycles. The molecule has 1 aromatic rings. The number of rotatable bonds is 2. The van der Waals surface area contributed by atoms with E-state index in [1.54, 1.807) is 17.8 Å². The summed E-state index contributed by atoms with van der Waals surface area (Å²) in [6, 6.07) is 5.22. The second-order valence-electron chi connectivity index (χ2n) is 5.96. The number of hydrogen-bond acceptors (Lipinski definition) is 3. The molecule has 0 spiro atoms. The maximum atomic E-state index is 13.5. The van der Waals surface area contributed by atoms with Gasteiger partial charge in [-0.2, -0.15) is 0 Å². The van der Waals surface area contributed by atoms with Crippen molar-refractivity contribution in [2.24, 2.45) is 5.92 Å². The summed E-state index contributed by atoms with van der Waals surface area (Å²) in [6.07, 6.45) is 2.63. The number of benzene rings is 1. The predicted molar refractivity (Wildman–Crippen MR) is 82.8 cm³/mol. The number of carbonyl (C=O) groups excluding carboxylic acids is 1. The molecule has 0 radical (unpaired) electrons. The summed E-state index contributed by atoms with van der Waals surface area (Å²) in [4.78, 5) is 13.6. The van der Waals surface area contributed by atoms with Crippen molar-refractivity contribution in [3.8, 4) is 0 Å². The molecule has 2 N–H and O–H groups in total. The summed E-state index contributed by atoms with van der Waals surface area (Å²) in [5, 5.41) is 6.51. The lowest BCUT2D eigenvalue weighted by Crippen LogP contribution is -2.43. The van der Waals surface area contributed by atoms with E-state index in [0.29, 0.717) is 6.04 Å². The van der Waals surface area contributed by atoms with Crippen molar-refractivity contribution in [1.29, 1.82) is 0 Å². The molecule has 0 bridgehead atoms. The van der Waals surface area contributed by atoms with Gasteiger partial charge in [-0.15, -0.1) is 11.8 Å². The lowest BCUT2D eigenvalue weighted by molar-refractivity contribution is -0.126. The molecule has 114 valence electrons. The number of hydrogen-bond donors (Lipinski definition) is 2. The zero-order valence-corrected chi connectivity index (χ0v) is 13.0. The van der Waals surface area contributed by atoms with Gasteiger partial charge in [0.2, 0.25) is 5.91 Å². The highest BCUT2D eigenvalue weighted by atomic mass is 32.2. The Morgan fingerprint density at radius 2 is 2.29 bits per heavy atom. The van der Waals surface area contributed by atoms with Crippen molar-refractivity contribution in [2.75, 3.05) is 12.3 Å². The molecule has 3 nitrogen and oxygen atoms in total. The molecule has 2 heterocycles. The standard InChI is InChI=1S/C16H21FN2OS/c1-10-8-11(4-6-18-10)16(20)19-14-5-7-21-15-3-2-12(17)9-13(14)15/h2-3,9-11,14,18H,4-8H2,1H3,(H,19,20)/t10-,11-,14?/m0/s1. The summed E-state index contributed by atoms with van der Waals surface area (Å²) in [6.45, 7) is 3.01. The Balaban J connectivity index is 1.71. The van der Waals surface area contributed by atoms with Gasteiger partial charge >= 0.3 is 0 Å². The molecule has 0 aromatic heterocycles. The van der Waals surface area contributed by atoms with Crippen LogP contribution in [0, 0.1) is 11.7 Å². The SMILES string of the molecule is C[C@H]1C[C@@H](C(=O)NC2CCSc3ccc(F)cc32)CCN1. The Hall–Kier alpha value is -1.07. The van der Waals surface area contributed by atoms with Crippen LogP contribution >= 0.6 is 11.8 Å². The molecule has 2 aliphatic heterocycles. The number of piperidine rings is 1. The van der Waals surface area contributed by atoms with E-state index >= 15 is 0 Å². The minimum atomic E-state index is -0.231. The summed E-state index contributed by atoms with van der Waals surface area (Å²) < 4.78 is 13.5. The number of amides is 1. The van der Waals surface area contributed by atoms with Gasteiger partial charge in [-0.25, -0.2) is 4.39 Å². The third kappa shape index (κ3) is 3.40. The minimum Gasteiger partial charge on any atom is -0.349 e. The molecule has 1 amide bonds. The Labute approximate surface area is 129 Å². The fourth-order valence-electron chi connectivity index (χ4n) is 3.17. The third-order valence-electron chi connectivity index (χ3n) is 4.32. The van der Waals surface area contributed by atoms with Crippen molar-refractivity contribution in [2.45, 2.75) is 43.2 Å². The van der Waals surface area contributed by atoms with Crippen LogP contribution in [0.4, 0.5) is 4.39 Å². The zero-order chi connectivity index (χ0) is 14.8. The number of nitrogens with one attached hydrogen (secondary N) is 2. The van der Waals surface area contributed by atoms with E-state index in [9.17, 15) is 9.18 Å². The number of halogens is 1. The van der Waals surface area contributed by atoms with E-state index in [4.69, 9.17) is 0 Å². The smallest absolute Gasteiger partial charge is 0.223 e. The van der Waals surface area contributed by atoms with Gasteiger partial charge in [0.05, 0.1) is 6.04 Å². The number of carbonyl (C=O) groups is 1. The monoisotopic (exact) mass is 308 g/mol. The van der Waals surface area contributed by atoms with Crippen LogP contribution in [-0.2, 0) is 4.79 Å². The van der Waals surface area contributed by atoms with Crippen molar-refractivity contribution >= 4 is 17.7 Å². The molecule has 1 aromatic carbocycles. The predicted octanol–water partition coefficient (Wildman–Crippen LogP) is 2.87. The molecule has 1 saturated heterocycles. The van der Waals surface area contributed by atoms with Crippen LogP contribution in [0.3, 0.4) is 0 Å². The largest absolute Gasteiger partial charge is 0.349 e. The highest BCUT2D eigenvalue weighted by Crippen LogP contribution is 2.36. The van der Waals surface area contributed by atoms with Crippen molar-refractivity contribution in [3.05, 3.63) is 29.6 Å². The highest BCUT2D eigenvalue weighted by Gasteiger charge is 2.28. The second kappa shape index (κ2) is 6.36. The van der Waals surface area contributed by atoms with E-state index in [-0.39, 0.29) is 23.7 Å². The average Bonchev–Trinajstić information content (AvgIpc) is 2.48. The molecule has 3 rings (SSSR count). The van der Waals surface area contributed by atoms with Crippen LogP contribution in [0.5, 0.6) is 0 Å². The molecule has 1 unspecified atom stereocenters. The Kier molecular flexibility index (Phi) is 4.50. The summed E-state index contributed by atoms with van der Waals surface area (Å²) in [5.41, 5.74) is 0.932. The summed E-state index contributed by atoms with van der Waals surface area (Å²) in [5.74, 6) is 0.931. The average molecular weight is 308 g/mol. The first kappa shape index (κ1) is 14.9. The van der Waals surface area contributed by atoms with E-state index < -0.39 is 0 Å². The van der Waals surface area contributed by atoms with E-state index in [1.807, 2.05) is 6.07 Å². The number of fused-ring (bicyclic) bond motifs is 1. The zero-order valence-electron chi connectivity index (χ0n) is 12.2. The Morgan fingerprint density at radius 1 is 1.43 bits per heavy atom. The van der Waals surface area contributed by atoms with Crippen molar-refractivity contribution in [3.63, 3.8) is 0 Å². The molecule has 5 heteroatoms. The van der Waals surface area contributed by atoms with Crippen LogP contribution in [0.2, 0.25) is 0 Å². The molecular formula is C16H21FN2OS. The molecule has 3 atom stereocenters. The molecule has 21 heavy (non-hydrogen) atoms. The van der Waals surface area contributed by atoms with Gasteiger partial charge in [0, 0.05) is 22.6 Å². The Bertz CT molecular complexity index is 537. The van der Waals surface area contributed by atoms with Crippen molar-refractivity contribution < 1.29 is 9.18 Å². The highest BCUT2D eigenvalue weighted by molar-refractivity contribution is 7.99. The first-order chi connectivity index (χ1) is 10.1.